The number of rotatable bonds is 6. The third kappa shape index (κ3) is 4.20. The molecule has 30 heavy (non-hydrogen) atoms. The summed E-state index contributed by atoms with van der Waals surface area (Å²) in [7, 11) is 1.55. The van der Waals surface area contributed by atoms with Crippen molar-refractivity contribution < 1.29 is 23.1 Å². The lowest BCUT2D eigenvalue weighted by molar-refractivity contribution is 0.0468. The van der Waals surface area contributed by atoms with Crippen LogP contribution in [0, 0.1) is 5.82 Å². The molecule has 2 aromatic heterocycles. The van der Waals surface area contributed by atoms with Gasteiger partial charge in [-0.2, -0.15) is 0 Å². The average molecular weight is 404 g/mol. The van der Waals surface area contributed by atoms with Crippen LogP contribution in [0.15, 0.2) is 77.5 Å². The summed E-state index contributed by atoms with van der Waals surface area (Å²) in [4.78, 5) is 21.1. The first kappa shape index (κ1) is 19.3. The van der Waals surface area contributed by atoms with Crippen LogP contribution in [-0.2, 0) is 11.3 Å². The van der Waals surface area contributed by atoms with Crippen molar-refractivity contribution in [3.63, 3.8) is 0 Å². The molecule has 0 aliphatic carbocycles. The molecule has 2 aromatic carbocycles. The highest BCUT2D eigenvalue weighted by molar-refractivity contribution is 5.96. The molecule has 0 spiro atoms. The van der Waals surface area contributed by atoms with Gasteiger partial charge in [-0.25, -0.2) is 14.2 Å². The highest BCUT2D eigenvalue weighted by atomic mass is 19.1. The summed E-state index contributed by atoms with van der Waals surface area (Å²) in [5.74, 6) is 0.494. The summed E-state index contributed by atoms with van der Waals surface area (Å²) in [6, 6.07) is 16.2. The Bertz CT molecular complexity index is 1170. The third-order valence-corrected chi connectivity index (χ3v) is 4.39. The molecule has 2 heterocycles. The SMILES string of the molecule is COc1ccnc(COC(=O)c2ccccc2-c2ncc(-c3ccc(F)cc3)o2)c1. The first-order valence-corrected chi connectivity index (χ1v) is 9.11. The summed E-state index contributed by atoms with van der Waals surface area (Å²) in [5, 5.41) is 0. The van der Waals surface area contributed by atoms with Crippen LogP contribution in [0.2, 0.25) is 0 Å². The smallest absolute Gasteiger partial charge is 0.339 e. The number of carbonyl (C=O) groups excluding carboxylic acids is 1. The molecule has 150 valence electrons. The Morgan fingerprint density at radius 2 is 1.87 bits per heavy atom. The van der Waals surface area contributed by atoms with E-state index in [1.54, 1.807) is 61.8 Å². The second kappa shape index (κ2) is 8.57. The molecular weight excluding hydrogens is 387 g/mol. The molecule has 0 amide bonds. The van der Waals surface area contributed by atoms with Crippen LogP contribution in [0.5, 0.6) is 5.75 Å². The molecule has 0 fully saturated rings. The van der Waals surface area contributed by atoms with E-state index in [1.807, 2.05) is 0 Å². The van der Waals surface area contributed by atoms with Crippen LogP contribution in [-0.4, -0.2) is 23.0 Å². The van der Waals surface area contributed by atoms with Gasteiger partial charge in [0.1, 0.15) is 18.2 Å². The molecule has 7 heteroatoms. The first-order chi connectivity index (χ1) is 14.6. The summed E-state index contributed by atoms with van der Waals surface area (Å²) in [6.45, 7) is -0.00319. The van der Waals surface area contributed by atoms with Crippen molar-refractivity contribution in [2.75, 3.05) is 7.11 Å². The van der Waals surface area contributed by atoms with E-state index in [0.29, 0.717) is 33.9 Å². The number of hydrogen-bond acceptors (Lipinski definition) is 6. The van der Waals surface area contributed by atoms with Crippen LogP contribution < -0.4 is 4.74 Å². The predicted molar refractivity (Wildman–Crippen MR) is 107 cm³/mol. The van der Waals surface area contributed by atoms with E-state index >= 15 is 0 Å². The Hall–Kier alpha value is -4.00. The Labute approximate surface area is 171 Å². The minimum atomic E-state index is -0.531. The number of aromatic nitrogens is 2. The predicted octanol–water partition coefficient (Wildman–Crippen LogP) is 4.91. The lowest BCUT2D eigenvalue weighted by Gasteiger charge is -2.08. The van der Waals surface area contributed by atoms with E-state index in [2.05, 4.69) is 9.97 Å². The topological polar surface area (TPSA) is 74.5 Å². The van der Waals surface area contributed by atoms with Crippen molar-refractivity contribution in [2.45, 2.75) is 6.61 Å². The fourth-order valence-corrected chi connectivity index (χ4v) is 2.87. The van der Waals surface area contributed by atoms with Gasteiger partial charge in [-0.3, -0.25) is 4.98 Å². The highest BCUT2D eigenvalue weighted by Crippen LogP contribution is 2.29. The molecule has 0 N–H and O–H groups in total. The van der Waals surface area contributed by atoms with Crippen molar-refractivity contribution in [3.8, 4) is 28.5 Å². The van der Waals surface area contributed by atoms with Crippen LogP contribution in [0.25, 0.3) is 22.8 Å². The third-order valence-electron chi connectivity index (χ3n) is 4.39. The lowest BCUT2D eigenvalue weighted by Crippen LogP contribution is -2.08. The number of esters is 1. The number of methoxy groups -OCH3 is 1. The number of nitrogens with zero attached hydrogens (tertiary/aromatic N) is 2. The fourth-order valence-electron chi connectivity index (χ4n) is 2.87. The molecule has 0 saturated carbocycles. The number of oxazole rings is 1. The van der Waals surface area contributed by atoms with Crippen molar-refractivity contribution in [2.24, 2.45) is 0 Å². The molecule has 0 unspecified atom stereocenters. The maximum atomic E-state index is 13.1. The van der Waals surface area contributed by atoms with E-state index in [1.165, 1.54) is 18.3 Å². The Morgan fingerprint density at radius 3 is 2.67 bits per heavy atom. The van der Waals surface area contributed by atoms with E-state index in [4.69, 9.17) is 13.9 Å². The van der Waals surface area contributed by atoms with Crippen molar-refractivity contribution in [3.05, 3.63) is 90.1 Å². The summed E-state index contributed by atoms with van der Waals surface area (Å²) < 4.78 is 29.5. The zero-order valence-electron chi connectivity index (χ0n) is 16.0. The van der Waals surface area contributed by atoms with E-state index in [-0.39, 0.29) is 18.3 Å². The summed E-state index contributed by atoms with van der Waals surface area (Å²) >= 11 is 0. The van der Waals surface area contributed by atoms with Gasteiger partial charge >= 0.3 is 5.97 Å². The van der Waals surface area contributed by atoms with Gasteiger partial charge in [0.05, 0.1) is 30.1 Å². The number of benzene rings is 2. The van der Waals surface area contributed by atoms with Crippen molar-refractivity contribution in [1.82, 2.24) is 9.97 Å². The molecular formula is C23H17FN2O4. The second-order valence-electron chi connectivity index (χ2n) is 6.35. The standard InChI is InChI=1S/C23H17FN2O4/c1-28-18-10-11-25-17(12-18)14-29-23(27)20-5-3-2-4-19(20)22-26-13-21(30-22)15-6-8-16(24)9-7-15/h2-13H,14H2,1H3. The Morgan fingerprint density at radius 1 is 1.07 bits per heavy atom. The maximum Gasteiger partial charge on any atom is 0.339 e. The van der Waals surface area contributed by atoms with E-state index in [0.717, 1.165) is 0 Å². The van der Waals surface area contributed by atoms with Gasteiger partial charge in [0.15, 0.2) is 5.76 Å². The zero-order valence-corrected chi connectivity index (χ0v) is 16.0. The van der Waals surface area contributed by atoms with Gasteiger partial charge in [-0.05, 0) is 42.5 Å². The highest BCUT2D eigenvalue weighted by Gasteiger charge is 2.18. The molecule has 0 atom stereocenters. The Balaban J connectivity index is 1.55. The first-order valence-electron chi connectivity index (χ1n) is 9.11. The molecule has 0 saturated heterocycles. The largest absolute Gasteiger partial charge is 0.497 e. The number of carbonyl (C=O) groups is 1. The van der Waals surface area contributed by atoms with Crippen molar-refractivity contribution in [1.29, 1.82) is 0 Å². The van der Waals surface area contributed by atoms with Crippen molar-refractivity contribution >= 4 is 5.97 Å². The molecule has 0 aliphatic rings. The fraction of sp³-hybridized carbons (Fsp3) is 0.0870. The summed E-state index contributed by atoms with van der Waals surface area (Å²) in [6.07, 6.45) is 3.12. The molecule has 0 bridgehead atoms. The lowest BCUT2D eigenvalue weighted by atomic mass is 10.1. The van der Waals surface area contributed by atoms with Gasteiger partial charge in [-0.15, -0.1) is 0 Å². The zero-order chi connectivity index (χ0) is 20.9. The molecule has 6 nitrogen and oxygen atoms in total. The number of pyridine rings is 1. The Kier molecular flexibility index (Phi) is 5.52. The van der Waals surface area contributed by atoms with Crippen LogP contribution in [0.4, 0.5) is 4.39 Å². The van der Waals surface area contributed by atoms with Gasteiger partial charge in [0, 0.05) is 17.8 Å². The number of hydrogen-bond donors (Lipinski definition) is 0. The van der Waals surface area contributed by atoms with E-state index in [9.17, 15) is 9.18 Å². The van der Waals surface area contributed by atoms with Crippen LogP contribution in [0.3, 0.4) is 0 Å². The minimum absolute atomic E-state index is 0.00319. The van der Waals surface area contributed by atoms with Gasteiger partial charge in [0.25, 0.3) is 0 Å². The monoisotopic (exact) mass is 404 g/mol. The quantitative estimate of drug-likeness (QED) is 0.425. The van der Waals surface area contributed by atoms with Crippen LogP contribution in [0.1, 0.15) is 16.1 Å². The van der Waals surface area contributed by atoms with Gasteiger partial charge in [-0.1, -0.05) is 12.1 Å². The molecule has 4 aromatic rings. The second-order valence-corrected chi connectivity index (χ2v) is 6.35. The number of halogens is 1. The maximum absolute atomic E-state index is 13.1. The average Bonchev–Trinajstić information content (AvgIpc) is 3.28. The van der Waals surface area contributed by atoms with Crippen LogP contribution >= 0.6 is 0 Å². The molecule has 4 rings (SSSR count). The normalized spacial score (nSPS) is 10.6. The van der Waals surface area contributed by atoms with Gasteiger partial charge < -0.3 is 13.9 Å². The molecule has 0 aliphatic heterocycles. The molecule has 0 radical (unpaired) electrons. The minimum Gasteiger partial charge on any atom is -0.497 e. The summed E-state index contributed by atoms with van der Waals surface area (Å²) in [5.41, 5.74) is 2.05. The van der Waals surface area contributed by atoms with Gasteiger partial charge in [0.2, 0.25) is 5.89 Å². The number of ether oxygens (including phenoxy) is 2. The van der Waals surface area contributed by atoms with E-state index < -0.39 is 5.97 Å².